The van der Waals surface area contributed by atoms with Crippen molar-refractivity contribution in [3.63, 3.8) is 0 Å². The Hall–Kier alpha value is -3.62. The molecule has 0 unspecified atom stereocenters. The zero-order chi connectivity index (χ0) is 18.5. The van der Waals surface area contributed by atoms with E-state index in [1.54, 1.807) is 12.1 Å². The number of hydrogen-bond acceptors (Lipinski definition) is 5. The van der Waals surface area contributed by atoms with Crippen LogP contribution in [0, 0.1) is 11.6 Å². The second kappa shape index (κ2) is 7.51. The minimum Gasteiger partial charge on any atom is -0.452 e. The molecule has 26 heavy (non-hydrogen) atoms. The molecule has 0 saturated carbocycles. The van der Waals surface area contributed by atoms with Gasteiger partial charge in [-0.1, -0.05) is 0 Å². The molecule has 0 fully saturated rings. The maximum atomic E-state index is 13.1. The van der Waals surface area contributed by atoms with Crippen LogP contribution in [0.15, 0.2) is 55.1 Å². The van der Waals surface area contributed by atoms with E-state index in [-0.39, 0.29) is 11.3 Å². The van der Waals surface area contributed by atoms with Gasteiger partial charge in [-0.25, -0.2) is 23.2 Å². The van der Waals surface area contributed by atoms with Gasteiger partial charge in [0.25, 0.3) is 5.91 Å². The third-order valence-corrected chi connectivity index (χ3v) is 3.32. The second-order valence-electron chi connectivity index (χ2n) is 5.14. The molecule has 0 aliphatic heterocycles. The highest BCUT2D eigenvalue weighted by Gasteiger charge is 2.12. The van der Waals surface area contributed by atoms with E-state index in [4.69, 9.17) is 4.74 Å². The molecule has 3 rings (SSSR count). The number of anilines is 1. The molecule has 0 spiro atoms. The van der Waals surface area contributed by atoms with Gasteiger partial charge in [-0.2, -0.15) is 5.10 Å². The van der Waals surface area contributed by atoms with Crippen molar-refractivity contribution in [2.24, 2.45) is 0 Å². The Labute approximate surface area is 146 Å². The first-order valence-electron chi connectivity index (χ1n) is 7.40. The Morgan fingerprint density at radius 2 is 1.85 bits per heavy atom. The predicted molar refractivity (Wildman–Crippen MR) is 86.6 cm³/mol. The van der Waals surface area contributed by atoms with Gasteiger partial charge in [-0.15, -0.1) is 0 Å². The number of amides is 1. The Morgan fingerprint density at radius 1 is 1.08 bits per heavy atom. The van der Waals surface area contributed by atoms with Gasteiger partial charge in [0, 0.05) is 11.8 Å². The normalized spacial score (nSPS) is 10.4. The van der Waals surface area contributed by atoms with Crippen molar-refractivity contribution in [1.82, 2.24) is 14.8 Å². The SMILES string of the molecule is O=C(COC(=O)c1ccc(-n2cncn2)cc1)Nc1ccc(F)c(F)c1. The number of ether oxygens (including phenoxy) is 1. The maximum Gasteiger partial charge on any atom is 0.338 e. The number of esters is 1. The number of halogens is 2. The van der Waals surface area contributed by atoms with Crippen molar-refractivity contribution in [3.05, 3.63) is 72.3 Å². The van der Waals surface area contributed by atoms with E-state index < -0.39 is 30.1 Å². The van der Waals surface area contributed by atoms with Crippen LogP contribution in [0.1, 0.15) is 10.4 Å². The molecule has 1 aromatic heterocycles. The number of carbonyl (C=O) groups excluding carboxylic acids is 2. The lowest BCUT2D eigenvalue weighted by molar-refractivity contribution is -0.119. The van der Waals surface area contributed by atoms with Gasteiger partial charge in [-0.3, -0.25) is 4.79 Å². The summed E-state index contributed by atoms with van der Waals surface area (Å²) in [6.07, 6.45) is 2.89. The lowest BCUT2D eigenvalue weighted by atomic mass is 10.2. The quantitative estimate of drug-likeness (QED) is 0.708. The highest BCUT2D eigenvalue weighted by atomic mass is 19.2. The smallest absolute Gasteiger partial charge is 0.338 e. The van der Waals surface area contributed by atoms with Gasteiger partial charge in [0.1, 0.15) is 12.7 Å². The number of nitrogens with zero attached hydrogens (tertiary/aromatic N) is 3. The molecule has 0 atom stereocenters. The van der Waals surface area contributed by atoms with E-state index in [0.29, 0.717) is 5.69 Å². The summed E-state index contributed by atoms with van der Waals surface area (Å²) in [6, 6.07) is 9.24. The van der Waals surface area contributed by atoms with Crippen LogP contribution in [0.5, 0.6) is 0 Å². The maximum absolute atomic E-state index is 13.1. The molecule has 3 aromatic rings. The van der Waals surface area contributed by atoms with Crippen molar-refractivity contribution in [1.29, 1.82) is 0 Å². The summed E-state index contributed by atoms with van der Waals surface area (Å²) < 4.78 is 32.3. The zero-order valence-electron chi connectivity index (χ0n) is 13.2. The molecule has 1 heterocycles. The van der Waals surface area contributed by atoms with Crippen LogP contribution in [-0.2, 0) is 9.53 Å². The van der Waals surface area contributed by atoms with Gasteiger partial charge in [0.2, 0.25) is 0 Å². The number of benzene rings is 2. The molecular weight excluding hydrogens is 346 g/mol. The van der Waals surface area contributed by atoms with Crippen LogP contribution in [-0.4, -0.2) is 33.2 Å². The fraction of sp³-hybridized carbons (Fsp3) is 0.0588. The number of rotatable bonds is 5. The van der Waals surface area contributed by atoms with Crippen molar-refractivity contribution >= 4 is 17.6 Å². The number of aromatic nitrogens is 3. The monoisotopic (exact) mass is 358 g/mol. The average molecular weight is 358 g/mol. The first-order chi connectivity index (χ1) is 12.5. The van der Waals surface area contributed by atoms with Crippen LogP contribution < -0.4 is 5.32 Å². The summed E-state index contributed by atoms with van der Waals surface area (Å²) in [5, 5.41) is 6.26. The summed E-state index contributed by atoms with van der Waals surface area (Å²) in [5.74, 6) is -3.49. The van der Waals surface area contributed by atoms with Crippen molar-refractivity contribution in [3.8, 4) is 5.69 Å². The van der Waals surface area contributed by atoms with Crippen LogP contribution >= 0.6 is 0 Å². The molecule has 0 bridgehead atoms. The molecule has 9 heteroatoms. The average Bonchev–Trinajstić information content (AvgIpc) is 3.18. The first-order valence-corrected chi connectivity index (χ1v) is 7.40. The molecule has 1 N–H and O–H groups in total. The molecule has 2 aromatic carbocycles. The van der Waals surface area contributed by atoms with Crippen LogP contribution in [0.2, 0.25) is 0 Å². The number of carbonyl (C=O) groups is 2. The summed E-state index contributed by atoms with van der Waals surface area (Å²) >= 11 is 0. The molecule has 7 nitrogen and oxygen atoms in total. The molecule has 0 saturated heterocycles. The Bertz CT molecular complexity index is 928. The molecule has 0 aliphatic rings. The van der Waals surface area contributed by atoms with E-state index in [2.05, 4.69) is 15.4 Å². The van der Waals surface area contributed by atoms with E-state index >= 15 is 0 Å². The van der Waals surface area contributed by atoms with Crippen LogP contribution in [0.25, 0.3) is 5.69 Å². The number of nitrogens with one attached hydrogen (secondary N) is 1. The van der Waals surface area contributed by atoms with E-state index in [9.17, 15) is 18.4 Å². The minimum absolute atomic E-state index is 0.0575. The van der Waals surface area contributed by atoms with Crippen LogP contribution in [0.3, 0.4) is 0 Å². The fourth-order valence-corrected chi connectivity index (χ4v) is 2.08. The molecule has 132 valence electrons. The van der Waals surface area contributed by atoms with Gasteiger partial charge >= 0.3 is 5.97 Å². The van der Waals surface area contributed by atoms with Crippen LogP contribution in [0.4, 0.5) is 14.5 Å². The summed E-state index contributed by atoms with van der Waals surface area (Å²) in [7, 11) is 0. The minimum atomic E-state index is -1.09. The van der Waals surface area contributed by atoms with Gasteiger partial charge in [0.05, 0.1) is 11.3 Å². The Balaban J connectivity index is 1.54. The van der Waals surface area contributed by atoms with E-state index in [1.165, 1.54) is 35.5 Å². The van der Waals surface area contributed by atoms with Gasteiger partial charge < -0.3 is 10.1 Å². The topological polar surface area (TPSA) is 86.1 Å². The first kappa shape index (κ1) is 17.2. The Morgan fingerprint density at radius 3 is 2.50 bits per heavy atom. The predicted octanol–water partition coefficient (Wildman–Crippen LogP) is 2.34. The fourth-order valence-electron chi connectivity index (χ4n) is 2.08. The lowest BCUT2D eigenvalue weighted by Gasteiger charge is -2.07. The van der Waals surface area contributed by atoms with Crippen molar-refractivity contribution in [2.75, 3.05) is 11.9 Å². The second-order valence-corrected chi connectivity index (χ2v) is 5.14. The number of hydrogen-bond donors (Lipinski definition) is 1. The summed E-state index contributed by atoms with van der Waals surface area (Å²) in [5.41, 5.74) is 1.01. The third kappa shape index (κ3) is 4.07. The largest absolute Gasteiger partial charge is 0.452 e. The summed E-state index contributed by atoms with van der Waals surface area (Å²) in [4.78, 5) is 27.5. The van der Waals surface area contributed by atoms with Crippen molar-refractivity contribution < 1.29 is 23.1 Å². The van der Waals surface area contributed by atoms with E-state index in [0.717, 1.165) is 12.1 Å². The summed E-state index contributed by atoms with van der Waals surface area (Å²) in [6.45, 7) is -0.567. The molecular formula is C17H12F2N4O3. The third-order valence-electron chi connectivity index (χ3n) is 3.32. The van der Waals surface area contributed by atoms with Gasteiger partial charge in [0.15, 0.2) is 18.2 Å². The Kier molecular flexibility index (Phi) is 4.97. The zero-order valence-corrected chi connectivity index (χ0v) is 13.2. The van der Waals surface area contributed by atoms with E-state index in [1.807, 2.05) is 0 Å². The standard InChI is InChI=1S/C17H12F2N4O3/c18-14-6-3-12(7-15(14)19)22-16(24)8-26-17(25)11-1-4-13(5-2-11)23-10-20-9-21-23/h1-7,9-10H,8H2,(H,22,24). The van der Waals surface area contributed by atoms with Crippen molar-refractivity contribution in [2.45, 2.75) is 0 Å². The molecule has 1 amide bonds. The highest BCUT2D eigenvalue weighted by Crippen LogP contribution is 2.13. The molecule has 0 aliphatic carbocycles. The van der Waals surface area contributed by atoms with Gasteiger partial charge in [-0.05, 0) is 36.4 Å². The highest BCUT2D eigenvalue weighted by molar-refractivity contribution is 5.95. The molecule has 0 radical (unpaired) electrons. The lowest BCUT2D eigenvalue weighted by Crippen LogP contribution is -2.21.